The van der Waals surface area contributed by atoms with Crippen molar-refractivity contribution >= 4 is 0 Å². The zero-order chi connectivity index (χ0) is 12.3. The van der Waals surface area contributed by atoms with E-state index in [1.807, 2.05) is 24.3 Å². The molecule has 94 valence electrons. The first-order valence-electron chi connectivity index (χ1n) is 6.57. The summed E-state index contributed by atoms with van der Waals surface area (Å²) in [6.07, 6.45) is 5.82. The lowest BCUT2D eigenvalue weighted by molar-refractivity contribution is 0.128. The van der Waals surface area contributed by atoms with Crippen LogP contribution in [0.1, 0.15) is 44.6 Å². The minimum absolute atomic E-state index is 0.461. The van der Waals surface area contributed by atoms with Crippen LogP contribution in [0.3, 0.4) is 0 Å². The fourth-order valence-electron chi connectivity index (χ4n) is 2.53. The van der Waals surface area contributed by atoms with E-state index in [9.17, 15) is 5.11 Å². The van der Waals surface area contributed by atoms with Crippen LogP contribution in [0.25, 0.3) is 0 Å². The van der Waals surface area contributed by atoms with Crippen LogP contribution in [0.5, 0.6) is 5.75 Å². The molecular formula is C15H22O2. The summed E-state index contributed by atoms with van der Waals surface area (Å²) in [6, 6.07) is 7.82. The van der Waals surface area contributed by atoms with Crippen LogP contribution in [-0.2, 0) is 5.60 Å². The maximum atomic E-state index is 10.5. The molecule has 17 heavy (non-hydrogen) atoms. The summed E-state index contributed by atoms with van der Waals surface area (Å²) in [4.78, 5) is 0. The molecule has 1 saturated carbocycles. The molecule has 0 aromatic heterocycles. The van der Waals surface area contributed by atoms with Gasteiger partial charge in [-0.2, -0.15) is 0 Å². The van der Waals surface area contributed by atoms with Crippen molar-refractivity contribution in [1.82, 2.24) is 0 Å². The molecule has 0 bridgehead atoms. The Hall–Kier alpha value is -1.02. The van der Waals surface area contributed by atoms with Gasteiger partial charge >= 0.3 is 0 Å². The molecule has 1 N–H and O–H groups in total. The van der Waals surface area contributed by atoms with Gasteiger partial charge in [-0.05, 0) is 36.5 Å². The average Bonchev–Trinajstić information content (AvgIpc) is 3.02. The van der Waals surface area contributed by atoms with E-state index < -0.39 is 5.60 Å². The van der Waals surface area contributed by atoms with E-state index >= 15 is 0 Å². The third kappa shape index (κ3) is 2.63. The van der Waals surface area contributed by atoms with Crippen LogP contribution in [0, 0.1) is 5.92 Å². The molecule has 1 aromatic carbocycles. The van der Waals surface area contributed by atoms with Gasteiger partial charge in [-0.15, -0.1) is 0 Å². The normalized spacial score (nSPS) is 26.9. The zero-order valence-electron chi connectivity index (χ0n) is 10.8. The van der Waals surface area contributed by atoms with Crippen LogP contribution in [0.2, 0.25) is 0 Å². The average molecular weight is 234 g/mol. The third-order valence-corrected chi connectivity index (χ3v) is 3.82. The van der Waals surface area contributed by atoms with Gasteiger partial charge in [0, 0.05) is 0 Å². The predicted octanol–water partition coefficient (Wildman–Crippen LogP) is 3.48. The molecule has 0 spiro atoms. The fourth-order valence-corrected chi connectivity index (χ4v) is 2.53. The highest BCUT2D eigenvalue weighted by Gasteiger charge is 2.53. The highest BCUT2D eigenvalue weighted by Crippen LogP contribution is 2.54. The van der Waals surface area contributed by atoms with Gasteiger partial charge in [0.15, 0.2) is 0 Å². The van der Waals surface area contributed by atoms with Crippen molar-refractivity contribution in [1.29, 1.82) is 0 Å². The second-order valence-corrected chi connectivity index (χ2v) is 5.05. The Morgan fingerprint density at radius 2 is 2.00 bits per heavy atom. The molecule has 1 aliphatic rings. The zero-order valence-corrected chi connectivity index (χ0v) is 10.8. The SMILES string of the molecule is CCCCCC1CC1(O)c1ccc(OC)cc1. The Morgan fingerprint density at radius 3 is 2.59 bits per heavy atom. The Balaban J connectivity index is 1.93. The topological polar surface area (TPSA) is 29.5 Å². The molecule has 0 aliphatic heterocycles. The smallest absolute Gasteiger partial charge is 0.118 e. The van der Waals surface area contributed by atoms with E-state index in [1.54, 1.807) is 7.11 Å². The number of ether oxygens (including phenoxy) is 1. The number of methoxy groups -OCH3 is 1. The fraction of sp³-hybridized carbons (Fsp3) is 0.600. The highest BCUT2D eigenvalue weighted by molar-refractivity contribution is 5.34. The molecule has 1 fully saturated rings. The van der Waals surface area contributed by atoms with E-state index in [2.05, 4.69) is 6.92 Å². The van der Waals surface area contributed by atoms with Gasteiger partial charge in [0.1, 0.15) is 5.75 Å². The maximum absolute atomic E-state index is 10.5. The lowest BCUT2D eigenvalue weighted by Crippen LogP contribution is -2.08. The summed E-state index contributed by atoms with van der Waals surface area (Å²) >= 11 is 0. The Kier molecular flexibility index (Phi) is 3.72. The van der Waals surface area contributed by atoms with E-state index in [0.29, 0.717) is 5.92 Å². The monoisotopic (exact) mass is 234 g/mol. The van der Waals surface area contributed by atoms with Crippen molar-refractivity contribution in [3.05, 3.63) is 29.8 Å². The molecular weight excluding hydrogens is 212 g/mol. The minimum atomic E-state index is -0.556. The first-order chi connectivity index (χ1) is 8.20. The summed E-state index contributed by atoms with van der Waals surface area (Å²) in [6.45, 7) is 2.21. The lowest BCUT2D eigenvalue weighted by Gasteiger charge is -2.11. The standard InChI is InChI=1S/C15H22O2/c1-3-4-5-6-13-11-15(13,16)12-7-9-14(17-2)10-8-12/h7-10,13,16H,3-6,11H2,1-2H3. The van der Waals surface area contributed by atoms with Gasteiger partial charge in [0.05, 0.1) is 12.7 Å². The number of unbranched alkanes of at least 4 members (excludes halogenated alkanes) is 2. The van der Waals surface area contributed by atoms with Crippen molar-refractivity contribution in [2.75, 3.05) is 7.11 Å². The van der Waals surface area contributed by atoms with Crippen LogP contribution < -0.4 is 4.74 Å². The van der Waals surface area contributed by atoms with E-state index in [-0.39, 0.29) is 0 Å². The minimum Gasteiger partial charge on any atom is -0.497 e. The molecule has 1 aliphatic carbocycles. The number of hydrogen-bond acceptors (Lipinski definition) is 2. The van der Waals surface area contributed by atoms with Gasteiger partial charge in [0.2, 0.25) is 0 Å². The van der Waals surface area contributed by atoms with E-state index in [4.69, 9.17) is 4.74 Å². The maximum Gasteiger partial charge on any atom is 0.118 e. The van der Waals surface area contributed by atoms with E-state index in [0.717, 1.165) is 24.2 Å². The molecule has 1 aromatic rings. The number of aliphatic hydroxyl groups is 1. The molecule has 0 saturated heterocycles. The molecule has 2 atom stereocenters. The Morgan fingerprint density at radius 1 is 1.29 bits per heavy atom. The first-order valence-corrected chi connectivity index (χ1v) is 6.57. The summed E-state index contributed by atoms with van der Waals surface area (Å²) < 4.78 is 5.13. The molecule has 2 rings (SSSR count). The second-order valence-electron chi connectivity index (χ2n) is 5.05. The van der Waals surface area contributed by atoms with Crippen molar-refractivity contribution in [2.45, 2.75) is 44.6 Å². The highest BCUT2D eigenvalue weighted by atomic mass is 16.5. The number of rotatable bonds is 6. The van der Waals surface area contributed by atoms with Crippen molar-refractivity contribution < 1.29 is 9.84 Å². The van der Waals surface area contributed by atoms with Crippen LogP contribution >= 0.6 is 0 Å². The summed E-state index contributed by atoms with van der Waals surface area (Å²) in [7, 11) is 1.66. The molecule has 2 nitrogen and oxygen atoms in total. The van der Waals surface area contributed by atoms with Crippen molar-refractivity contribution in [3.8, 4) is 5.75 Å². The van der Waals surface area contributed by atoms with Crippen LogP contribution in [0.4, 0.5) is 0 Å². The molecule has 0 amide bonds. The summed E-state index contributed by atoms with van der Waals surface area (Å²) in [5.41, 5.74) is 0.486. The summed E-state index contributed by atoms with van der Waals surface area (Å²) in [5, 5.41) is 10.5. The van der Waals surface area contributed by atoms with Crippen molar-refractivity contribution in [2.24, 2.45) is 5.92 Å². The van der Waals surface area contributed by atoms with Gasteiger partial charge in [-0.25, -0.2) is 0 Å². The predicted molar refractivity (Wildman–Crippen MR) is 69.1 cm³/mol. The van der Waals surface area contributed by atoms with Gasteiger partial charge < -0.3 is 9.84 Å². The van der Waals surface area contributed by atoms with Crippen LogP contribution in [0.15, 0.2) is 24.3 Å². The molecule has 0 heterocycles. The number of benzene rings is 1. The Labute approximate surface area is 104 Å². The molecule has 0 radical (unpaired) electrons. The lowest BCUT2D eigenvalue weighted by atomic mass is 10.0. The first kappa shape index (κ1) is 12.4. The quantitative estimate of drug-likeness (QED) is 0.763. The Bertz CT molecular complexity index is 358. The largest absolute Gasteiger partial charge is 0.497 e. The third-order valence-electron chi connectivity index (χ3n) is 3.82. The van der Waals surface area contributed by atoms with E-state index in [1.165, 1.54) is 19.3 Å². The van der Waals surface area contributed by atoms with Crippen LogP contribution in [-0.4, -0.2) is 12.2 Å². The van der Waals surface area contributed by atoms with Gasteiger partial charge in [0.25, 0.3) is 0 Å². The number of hydrogen-bond donors (Lipinski definition) is 1. The van der Waals surface area contributed by atoms with Gasteiger partial charge in [-0.1, -0.05) is 38.3 Å². The van der Waals surface area contributed by atoms with Gasteiger partial charge in [-0.3, -0.25) is 0 Å². The molecule has 2 unspecified atom stereocenters. The van der Waals surface area contributed by atoms with Crippen molar-refractivity contribution in [3.63, 3.8) is 0 Å². The summed E-state index contributed by atoms with van der Waals surface area (Å²) in [5.74, 6) is 1.31. The molecule has 2 heteroatoms. The second kappa shape index (κ2) is 5.09.